The Kier molecular flexibility index (Phi) is 5.51. The Balaban J connectivity index is 1.55. The molecule has 0 radical (unpaired) electrons. The monoisotopic (exact) mass is 342 g/mol. The van der Waals surface area contributed by atoms with Gasteiger partial charge in [0.1, 0.15) is 0 Å². The third-order valence-electron chi connectivity index (χ3n) is 4.91. The lowest BCUT2D eigenvalue weighted by atomic mass is 9.86. The molecule has 0 amide bonds. The lowest BCUT2D eigenvalue weighted by Crippen LogP contribution is -2.43. The Labute approximate surface area is 149 Å². The lowest BCUT2D eigenvalue weighted by Gasteiger charge is -2.30. The summed E-state index contributed by atoms with van der Waals surface area (Å²) in [5, 5.41) is 11.9. The first-order valence-corrected chi connectivity index (χ1v) is 9.17. The number of nitrogens with zero attached hydrogens (tertiary/aromatic N) is 2. The number of hydrogen-bond donors (Lipinski definition) is 2. The number of aromatic nitrogens is 2. The second-order valence-corrected chi connectivity index (χ2v) is 7.23. The fourth-order valence-electron chi connectivity index (χ4n) is 3.34. The van der Waals surface area contributed by atoms with Crippen molar-refractivity contribution in [3.63, 3.8) is 0 Å². The summed E-state index contributed by atoms with van der Waals surface area (Å²) >= 11 is 5.47. The summed E-state index contributed by atoms with van der Waals surface area (Å²) in [5.74, 6) is 0.683. The predicted octanol–water partition coefficient (Wildman–Crippen LogP) is 4.10. The molecule has 2 aromatic rings. The number of aryl methyl sites for hydroxylation is 1. The molecule has 1 saturated carbocycles. The van der Waals surface area contributed by atoms with E-state index in [1.807, 2.05) is 17.1 Å². The van der Waals surface area contributed by atoms with Crippen molar-refractivity contribution >= 4 is 23.0 Å². The van der Waals surface area contributed by atoms with Crippen LogP contribution in [0.1, 0.15) is 43.7 Å². The first-order valence-electron chi connectivity index (χ1n) is 8.76. The minimum atomic E-state index is 0.487. The summed E-state index contributed by atoms with van der Waals surface area (Å²) in [7, 11) is 0. The van der Waals surface area contributed by atoms with Crippen molar-refractivity contribution in [3.05, 3.63) is 47.8 Å². The summed E-state index contributed by atoms with van der Waals surface area (Å²) < 4.78 is 1.94. The van der Waals surface area contributed by atoms with Crippen LogP contribution in [0.4, 0.5) is 5.69 Å². The van der Waals surface area contributed by atoms with Gasteiger partial charge in [0.25, 0.3) is 0 Å². The minimum Gasteiger partial charge on any atom is -0.359 e. The van der Waals surface area contributed by atoms with Crippen LogP contribution in [0.2, 0.25) is 0 Å². The van der Waals surface area contributed by atoms with Gasteiger partial charge in [-0.15, -0.1) is 0 Å². The van der Waals surface area contributed by atoms with E-state index in [0.29, 0.717) is 17.1 Å². The van der Waals surface area contributed by atoms with E-state index in [-0.39, 0.29) is 0 Å². The lowest BCUT2D eigenvalue weighted by molar-refractivity contribution is 0.309. The predicted molar refractivity (Wildman–Crippen MR) is 103 cm³/mol. The molecule has 1 aromatic heterocycles. The molecule has 5 heteroatoms. The van der Waals surface area contributed by atoms with E-state index in [1.54, 1.807) is 0 Å². The topological polar surface area (TPSA) is 41.9 Å². The molecule has 2 N–H and O–H groups in total. The van der Waals surface area contributed by atoms with Gasteiger partial charge < -0.3 is 10.6 Å². The van der Waals surface area contributed by atoms with Gasteiger partial charge in [0.15, 0.2) is 5.11 Å². The molecule has 0 bridgehead atoms. The average Bonchev–Trinajstić information content (AvgIpc) is 2.99. The normalized spacial score (nSPS) is 20.6. The average molecular weight is 343 g/mol. The number of rotatable bonds is 4. The van der Waals surface area contributed by atoms with Gasteiger partial charge in [-0.3, -0.25) is 4.68 Å². The zero-order valence-electron chi connectivity index (χ0n) is 14.5. The summed E-state index contributed by atoms with van der Waals surface area (Å²) in [6, 6.07) is 8.88. The van der Waals surface area contributed by atoms with Crippen LogP contribution in [0, 0.1) is 12.8 Å². The van der Waals surface area contributed by atoms with Gasteiger partial charge >= 0.3 is 0 Å². The highest BCUT2D eigenvalue weighted by molar-refractivity contribution is 7.80. The van der Waals surface area contributed by atoms with Crippen LogP contribution < -0.4 is 10.6 Å². The highest BCUT2D eigenvalue weighted by Gasteiger charge is 2.21. The fraction of sp³-hybridized carbons (Fsp3) is 0.474. The molecule has 1 fully saturated rings. The fourth-order valence-corrected chi connectivity index (χ4v) is 3.61. The molecule has 0 unspecified atom stereocenters. The van der Waals surface area contributed by atoms with Gasteiger partial charge in [-0.05, 0) is 49.0 Å². The summed E-state index contributed by atoms with van der Waals surface area (Å²) in [6.45, 7) is 5.20. The first kappa shape index (κ1) is 17.0. The Bertz CT molecular complexity index is 694. The first-order chi connectivity index (χ1) is 11.6. The second kappa shape index (κ2) is 7.79. The van der Waals surface area contributed by atoms with Crippen molar-refractivity contribution in [3.8, 4) is 0 Å². The summed E-state index contributed by atoms with van der Waals surface area (Å²) in [6.07, 6.45) is 8.95. The Hall–Kier alpha value is -1.88. The van der Waals surface area contributed by atoms with Crippen molar-refractivity contribution in [2.24, 2.45) is 5.92 Å². The van der Waals surface area contributed by atoms with E-state index in [0.717, 1.165) is 12.2 Å². The van der Waals surface area contributed by atoms with E-state index < -0.39 is 0 Å². The summed E-state index contributed by atoms with van der Waals surface area (Å²) in [4.78, 5) is 0. The van der Waals surface area contributed by atoms with Crippen molar-refractivity contribution in [1.29, 1.82) is 0 Å². The number of benzene rings is 1. The Morgan fingerprint density at radius 2 is 2.08 bits per heavy atom. The molecule has 0 saturated heterocycles. The molecule has 1 aliphatic rings. The van der Waals surface area contributed by atoms with Gasteiger partial charge in [-0.1, -0.05) is 44.0 Å². The molecule has 1 aliphatic carbocycles. The standard InChI is InChI=1S/C19H26N4S/c1-14-7-3-5-9-16(14)12-23-13-17(11-20-23)21-19(24)22-18-10-6-4-8-15(18)2/h3,5,7,9,11,13,15,18H,4,6,8,10,12H2,1-2H3,(H2,21,22,24)/t15-,18-/m1/s1. The van der Waals surface area contributed by atoms with Crippen LogP contribution >= 0.6 is 12.2 Å². The molecular weight excluding hydrogens is 316 g/mol. The molecule has 1 aromatic carbocycles. The van der Waals surface area contributed by atoms with Gasteiger partial charge in [0, 0.05) is 12.2 Å². The third kappa shape index (κ3) is 4.35. The molecule has 4 nitrogen and oxygen atoms in total. The molecular formula is C19H26N4S. The van der Waals surface area contributed by atoms with Crippen LogP contribution in [0.5, 0.6) is 0 Å². The van der Waals surface area contributed by atoms with Crippen LogP contribution in [0.3, 0.4) is 0 Å². The van der Waals surface area contributed by atoms with E-state index in [9.17, 15) is 0 Å². The smallest absolute Gasteiger partial charge is 0.171 e. The molecule has 2 atom stereocenters. The number of nitrogens with one attached hydrogen (secondary N) is 2. The molecule has 0 aliphatic heterocycles. The highest BCUT2D eigenvalue weighted by atomic mass is 32.1. The van der Waals surface area contributed by atoms with E-state index in [4.69, 9.17) is 12.2 Å². The van der Waals surface area contributed by atoms with Crippen LogP contribution in [0.15, 0.2) is 36.7 Å². The van der Waals surface area contributed by atoms with Crippen LogP contribution in [-0.2, 0) is 6.54 Å². The van der Waals surface area contributed by atoms with Gasteiger partial charge in [0.05, 0.1) is 18.4 Å². The molecule has 128 valence electrons. The number of thiocarbonyl (C=S) groups is 1. The van der Waals surface area contributed by atoms with Gasteiger partial charge in [0.2, 0.25) is 0 Å². The van der Waals surface area contributed by atoms with E-state index >= 15 is 0 Å². The van der Waals surface area contributed by atoms with Gasteiger partial charge in [-0.2, -0.15) is 5.10 Å². The maximum atomic E-state index is 5.47. The molecule has 3 rings (SSSR count). The quantitative estimate of drug-likeness (QED) is 0.821. The van der Waals surface area contributed by atoms with Crippen LogP contribution in [-0.4, -0.2) is 20.9 Å². The zero-order valence-corrected chi connectivity index (χ0v) is 15.3. The van der Waals surface area contributed by atoms with Crippen LogP contribution in [0.25, 0.3) is 0 Å². The molecule has 0 spiro atoms. The van der Waals surface area contributed by atoms with Crippen molar-refractivity contribution < 1.29 is 0 Å². The number of hydrogen-bond acceptors (Lipinski definition) is 2. The number of anilines is 1. The van der Waals surface area contributed by atoms with Crippen molar-refractivity contribution in [2.75, 3.05) is 5.32 Å². The maximum Gasteiger partial charge on any atom is 0.171 e. The van der Waals surface area contributed by atoms with Crippen molar-refractivity contribution in [1.82, 2.24) is 15.1 Å². The summed E-state index contributed by atoms with van der Waals surface area (Å²) in [5.41, 5.74) is 3.50. The van der Waals surface area contributed by atoms with E-state index in [1.165, 1.54) is 36.8 Å². The highest BCUT2D eigenvalue weighted by Crippen LogP contribution is 2.23. The van der Waals surface area contributed by atoms with E-state index in [2.05, 4.69) is 53.8 Å². The van der Waals surface area contributed by atoms with Gasteiger partial charge in [-0.25, -0.2) is 0 Å². The second-order valence-electron chi connectivity index (χ2n) is 6.82. The minimum absolute atomic E-state index is 0.487. The third-order valence-corrected chi connectivity index (χ3v) is 5.13. The SMILES string of the molecule is Cc1ccccc1Cn1cc(NC(=S)N[C@@H]2CCCC[C@H]2C)cn1. The maximum absolute atomic E-state index is 5.47. The zero-order chi connectivity index (χ0) is 16.9. The van der Waals surface area contributed by atoms with Crippen molar-refractivity contribution in [2.45, 2.75) is 52.1 Å². The molecule has 1 heterocycles. The molecule has 24 heavy (non-hydrogen) atoms. The Morgan fingerprint density at radius 1 is 1.29 bits per heavy atom. The largest absolute Gasteiger partial charge is 0.359 e. The Morgan fingerprint density at radius 3 is 2.88 bits per heavy atom.